The first-order valence-electron chi connectivity index (χ1n) is 7.72. The lowest BCUT2D eigenvalue weighted by atomic mass is 10.2. The molecule has 3 aromatic rings. The topological polar surface area (TPSA) is 122 Å². The van der Waals surface area contributed by atoms with Crippen molar-refractivity contribution in [2.24, 2.45) is 0 Å². The van der Waals surface area contributed by atoms with Gasteiger partial charge in [0.05, 0.1) is 0 Å². The zero-order valence-electron chi connectivity index (χ0n) is 14.1. The Morgan fingerprint density at radius 1 is 1.04 bits per heavy atom. The van der Waals surface area contributed by atoms with Crippen molar-refractivity contribution in [3.8, 4) is 0 Å². The lowest BCUT2D eigenvalue weighted by Gasteiger charge is -2.07. The highest BCUT2D eigenvalue weighted by Crippen LogP contribution is 2.15. The minimum atomic E-state index is -0.390. The third-order valence-corrected chi connectivity index (χ3v) is 3.22. The lowest BCUT2D eigenvalue weighted by Crippen LogP contribution is -2.15. The van der Waals surface area contributed by atoms with Crippen molar-refractivity contribution < 1.29 is 14.1 Å². The van der Waals surface area contributed by atoms with Crippen LogP contribution in [-0.2, 0) is 4.79 Å². The zero-order valence-corrected chi connectivity index (χ0v) is 14.1. The minimum Gasteiger partial charge on any atom is -0.360 e. The van der Waals surface area contributed by atoms with Crippen LogP contribution in [0.2, 0.25) is 0 Å². The van der Waals surface area contributed by atoms with Crippen LogP contribution in [0.4, 0.5) is 23.1 Å². The molecular weight excluding hydrogens is 336 g/mol. The van der Waals surface area contributed by atoms with Gasteiger partial charge in [0.25, 0.3) is 5.91 Å². The molecule has 2 amide bonds. The highest BCUT2D eigenvalue weighted by Gasteiger charge is 2.10. The Labute approximate surface area is 148 Å². The highest BCUT2D eigenvalue weighted by molar-refractivity contribution is 6.03. The zero-order chi connectivity index (χ0) is 18.5. The van der Waals surface area contributed by atoms with Crippen LogP contribution in [0.5, 0.6) is 0 Å². The van der Waals surface area contributed by atoms with E-state index in [0.717, 1.165) is 0 Å². The molecule has 3 rings (SSSR count). The maximum atomic E-state index is 12.4. The van der Waals surface area contributed by atoms with E-state index in [4.69, 9.17) is 4.52 Å². The average molecular weight is 352 g/mol. The molecule has 0 unspecified atom stereocenters. The standard InChI is InChI=1S/C17H16N6O3/c1-10-9-15(23-26-10)22-17-18-8-7-14(21-17)16(25)20-13-5-3-12(4-6-13)19-11(2)24/h3-9H,1-2H3,(H,19,24)(H,20,25)(H,18,21,22,23). The first-order chi connectivity index (χ1) is 12.5. The Balaban J connectivity index is 1.67. The Bertz CT molecular complexity index is 936. The Hall–Kier alpha value is -3.75. The third kappa shape index (κ3) is 4.41. The smallest absolute Gasteiger partial charge is 0.274 e. The number of hydrogen-bond donors (Lipinski definition) is 3. The van der Waals surface area contributed by atoms with Gasteiger partial charge in [0.2, 0.25) is 11.9 Å². The number of amides is 2. The van der Waals surface area contributed by atoms with Gasteiger partial charge in [0.15, 0.2) is 5.82 Å². The van der Waals surface area contributed by atoms with E-state index in [1.54, 1.807) is 37.3 Å². The average Bonchev–Trinajstić information content (AvgIpc) is 3.01. The van der Waals surface area contributed by atoms with Crippen LogP contribution < -0.4 is 16.0 Å². The van der Waals surface area contributed by atoms with Crippen molar-refractivity contribution >= 4 is 35.0 Å². The summed E-state index contributed by atoms with van der Waals surface area (Å²) < 4.78 is 4.95. The minimum absolute atomic E-state index is 0.162. The van der Waals surface area contributed by atoms with Crippen LogP contribution >= 0.6 is 0 Å². The molecule has 2 aromatic heterocycles. The number of nitrogens with one attached hydrogen (secondary N) is 3. The highest BCUT2D eigenvalue weighted by atomic mass is 16.5. The van der Waals surface area contributed by atoms with Crippen LogP contribution in [0.25, 0.3) is 0 Å². The van der Waals surface area contributed by atoms with E-state index in [2.05, 4.69) is 31.1 Å². The van der Waals surface area contributed by atoms with E-state index in [0.29, 0.717) is 23.0 Å². The van der Waals surface area contributed by atoms with Crippen molar-refractivity contribution in [3.63, 3.8) is 0 Å². The summed E-state index contributed by atoms with van der Waals surface area (Å²) in [6.45, 7) is 3.19. The van der Waals surface area contributed by atoms with Crippen LogP contribution in [0, 0.1) is 6.92 Å². The molecule has 0 spiro atoms. The van der Waals surface area contributed by atoms with E-state index >= 15 is 0 Å². The SMILES string of the molecule is CC(=O)Nc1ccc(NC(=O)c2ccnc(Nc3cc(C)on3)n2)cc1. The Kier molecular flexibility index (Phi) is 4.88. The van der Waals surface area contributed by atoms with Gasteiger partial charge in [-0.05, 0) is 37.3 Å². The number of hydrogen-bond acceptors (Lipinski definition) is 7. The molecule has 0 aliphatic heterocycles. The summed E-state index contributed by atoms with van der Waals surface area (Å²) in [5.41, 5.74) is 1.41. The maximum Gasteiger partial charge on any atom is 0.274 e. The van der Waals surface area contributed by atoms with Gasteiger partial charge < -0.3 is 20.5 Å². The second kappa shape index (κ2) is 7.43. The van der Waals surface area contributed by atoms with Crippen LogP contribution in [0.1, 0.15) is 23.2 Å². The summed E-state index contributed by atoms with van der Waals surface area (Å²) in [5.74, 6) is 0.772. The molecule has 0 saturated carbocycles. The van der Waals surface area contributed by atoms with Crippen molar-refractivity contribution in [2.75, 3.05) is 16.0 Å². The Morgan fingerprint density at radius 2 is 1.73 bits per heavy atom. The number of anilines is 4. The van der Waals surface area contributed by atoms with E-state index in [1.807, 2.05) is 0 Å². The fourth-order valence-electron chi connectivity index (χ4n) is 2.12. The van der Waals surface area contributed by atoms with Gasteiger partial charge in [-0.1, -0.05) is 5.16 Å². The van der Waals surface area contributed by atoms with Crippen molar-refractivity contribution in [2.45, 2.75) is 13.8 Å². The van der Waals surface area contributed by atoms with E-state index in [-0.39, 0.29) is 23.5 Å². The molecular formula is C17H16N6O3. The fraction of sp³-hybridized carbons (Fsp3) is 0.118. The van der Waals surface area contributed by atoms with Crippen molar-refractivity contribution in [1.29, 1.82) is 0 Å². The molecule has 26 heavy (non-hydrogen) atoms. The van der Waals surface area contributed by atoms with Gasteiger partial charge in [-0.3, -0.25) is 9.59 Å². The molecule has 9 nitrogen and oxygen atoms in total. The van der Waals surface area contributed by atoms with Gasteiger partial charge >= 0.3 is 0 Å². The number of carbonyl (C=O) groups is 2. The molecule has 1 aromatic carbocycles. The number of nitrogens with zero attached hydrogens (tertiary/aromatic N) is 3. The molecule has 0 radical (unpaired) electrons. The lowest BCUT2D eigenvalue weighted by molar-refractivity contribution is -0.114. The number of aromatic nitrogens is 3. The number of carbonyl (C=O) groups excluding carboxylic acids is 2. The monoisotopic (exact) mass is 352 g/mol. The predicted octanol–water partition coefficient (Wildman–Crippen LogP) is 2.73. The first-order valence-corrected chi connectivity index (χ1v) is 7.72. The molecule has 0 saturated heterocycles. The van der Waals surface area contributed by atoms with Crippen LogP contribution in [0.3, 0.4) is 0 Å². The summed E-state index contributed by atoms with van der Waals surface area (Å²) in [7, 11) is 0. The van der Waals surface area contributed by atoms with E-state index in [1.165, 1.54) is 19.2 Å². The molecule has 0 bridgehead atoms. The largest absolute Gasteiger partial charge is 0.360 e. The summed E-state index contributed by atoms with van der Waals surface area (Å²) in [6.07, 6.45) is 1.47. The molecule has 0 aliphatic carbocycles. The van der Waals surface area contributed by atoms with Crippen LogP contribution in [-0.4, -0.2) is 26.9 Å². The van der Waals surface area contributed by atoms with E-state index < -0.39 is 0 Å². The summed E-state index contributed by atoms with van der Waals surface area (Å²) in [5, 5.41) is 12.0. The van der Waals surface area contributed by atoms with Gasteiger partial charge in [0, 0.05) is 30.6 Å². The quantitative estimate of drug-likeness (QED) is 0.645. The number of benzene rings is 1. The molecule has 3 N–H and O–H groups in total. The number of aryl methyl sites for hydroxylation is 1. The first kappa shape index (κ1) is 17.1. The second-order valence-corrected chi connectivity index (χ2v) is 5.43. The van der Waals surface area contributed by atoms with Crippen molar-refractivity contribution in [1.82, 2.24) is 15.1 Å². The summed E-state index contributed by atoms with van der Waals surface area (Å²) in [4.78, 5) is 31.6. The normalized spacial score (nSPS) is 10.2. The van der Waals surface area contributed by atoms with Crippen molar-refractivity contribution in [3.05, 3.63) is 54.0 Å². The van der Waals surface area contributed by atoms with Gasteiger partial charge in [-0.2, -0.15) is 0 Å². The molecule has 2 heterocycles. The summed E-state index contributed by atoms with van der Waals surface area (Å²) >= 11 is 0. The number of rotatable bonds is 5. The van der Waals surface area contributed by atoms with Crippen LogP contribution in [0.15, 0.2) is 47.1 Å². The maximum absolute atomic E-state index is 12.4. The Morgan fingerprint density at radius 3 is 2.35 bits per heavy atom. The molecule has 0 fully saturated rings. The molecule has 0 aliphatic rings. The van der Waals surface area contributed by atoms with Gasteiger partial charge in [-0.15, -0.1) is 0 Å². The van der Waals surface area contributed by atoms with E-state index in [9.17, 15) is 9.59 Å². The molecule has 9 heteroatoms. The second-order valence-electron chi connectivity index (χ2n) is 5.43. The van der Waals surface area contributed by atoms with Gasteiger partial charge in [0.1, 0.15) is 11.5 Å². The molecule has 0 atom stereocenters. The molecule has 132 valence electrons. The third-order valence-electron chi connectivity index (χ3n) is 3.22. The van der Waals surface area contributed by atoms with Gasteiger partial charge in [-0.25, -0.2) is 9.97 Å². The fourth-order valence-corrected chi connectivity index (χ4v) is 2.12. The summed E-state index contributed by atoms with van der Waals surface area (Å²) in [6, 6.07) is 9.93. The predicted molar refractivity (Wildman–Crippen MR) is 95.3 cm³/mol.